The second kappa shape index (κ2) is 8.25. The first-order valence-corrected chi connectivity index (χ1v) is 6.01. The number of likely N-dealkylation sites (N-methyl/N-ethyl adjacent to an activating group) is 1. The lowest BCUT2D eigenvalue weighted by Crippen LogP contribution is -2.40. The van der Waals surface area contributed by atoms with E-state index in [0.29, 0.717) is 6.04 Å². The molecule has 0 aromatic heterocycles. The van der Waals surface area contributed by atoms with E-state index in [1.54, 1.807) is 0 Å². The van der Waals surface area contributed by atoms with Crippen molar-refractivity contribution in [1.29, 1.82) is 0 Å². The van der Waals surface area contributed by atoms with Crippen LogP contribution in [0.1, 0.15) is 46.5 Å². The first-order chi connectivity index (χ1) is 6.61. The zero-order chi connectivity index (χ0) is 11.0. The zero-order valence-corrected chi connectivity index (χ0v) is 10.6. The van der Waals surface area contributed by atoms with Gasteiger partial charge >= 0.3 is 0 Å². The lowest BCUT2D eigenvalue weighted by Gasteiger charge is -2.24. The number of nitrogens with zero attached hydrogens (tertiary/aromatic N) is 1. The van der Waals surface area contributed by atoms with Crippen molar-refractivity contribution in [2.45, 2.75) is 58.5 Å². The second-order valence-electron chi connectivity index (χ2n) is 4.50. The molecule has 0 heterocycles. The lowest BCUT2D eigenvalue weighted by atomic mass is 10.1. The molecular weight excluding hydrogens is 172 g/mol. The Balaban J connectivity index is 3.68. The van der Waals surface area contributed by atoms with Crippen LogP contribution in [-0.4, -0.2) is 37.6 Å². The Labute approximate surface area is 90.1 Å². The van der Waals surface area contributed by atoms with Gasteiger partial charge in [0, 0.05) is 18.6 Å². The Morgan fingerprint density at radius 2 is 1.57 bits per heavy atom. The predicted molar refractivity (Wildman–Crippen MR) is 64.8 cm³/mol. The minimum Gasteiger partial charge on any atom is -0.312 e. The van der Waals surface area contributed by atoms with Gasteiger partial charge in [0.25, 0.3) is 0 Å². The van der Waals surface area contributed by atoms with Gasteiger partial charge in [0.1, 0.15) is 0 Å². The van der Waals surface area contributed by atoms with Crippen LogP contribution in [-0.2, 0) is 0 Å². The van der Waals surface area contributed by atoms with Crippen molar-refractivity contribution in [3.63, 3.8) is 0 Å². The molecular formula is C12H28N2. The molecule has 0 aliphatic heterocycles. The number of hydrogen-bond acceptors (Lipinski definition) is 2. The van der Waals surface area contributed by atoms with Crippen LogP contribution in [0.5, 0.6) is 0 Å². The minimum atomic E-state index is 0.631. The highest BCUT2D eigenvalue weighted by Crippen LogP contribution is 2.04. The fourth-order valence-electron chi connectivity index (χ4n) is 1.57. The van der Waals surface area contributed by atoms with Gasteiger partial charge in [-0.1, -0.05) is 26.7 Å². The summed E-state index contributed by atoms with van der Waals surface area (Å²) in [6, 6.07) is 1.36. The largest absolute Gasteiger partial charge is 0.312 e. The number of nitrogens with one attached hydrogen (secondary N) is 1. The summed E-state index contributed by atoms with van der Waals surface area (Å²) in [5, 5.41) is 3.66. The number of hydrogen-bond donors (Lipinski definition) is 1. The molecule has 0 radical (unpaired) electrons. The Hall–Kier alpha value is -0.0800. The molecule has 14 heavy (non-hydrogen) atoms. The molecule has 0 amide bonds. The predicted octanol–water partition coefficient (Wildman–Crippen LogP) is 2.49. The summed E-state index contributed by atoms with van der Waals surface area (Å²) >= 11 is 0. The molecule has 2 nitrogen and oxygen atoms in total. The van der Waals surface area contributed by atoms with E-state index >= 15 is 0 Å². The van der Waals surface area contributed by atoms with Crippen molar-refractivity contribution in [3.8, 4) is 0 Å². The van der Waals surface area contributed by atoms with Gasteiger partial charge in [-0.05, 0) is 33.9 Å². The quantitative estimate of drug-likeness (QED) is 0.647. The molecule has 0 fully saturated rings. The Morgan fingerprint density at radius 3 is 1.93 bits per heavy atom. The molecule has 0 aromatic carbocycles. The van der Waals surface area contributed by atoms with E-state index in [4.69, 9.17) is 0 Å². The van der Waals surface area contributed by atoms with E-state index in [1.807, 2.05) is 0 Å². The van der Waals surface area contributed by atoms with Gasteiger partial charge in [-0.15, -0.1) is 0 Å². The molecule has 0 rings (SSSR count). The molecule has 1 atom stereocenters. The normalized spacial score (nSPS) is 13.9. The standard InChI is InChI=1S/C12H28N2/c1-6-8-12(9-7-2)13-10-11(3)14(4)5/h11-13H,6-10H2,1-5H3. The maximum Gasteiger partial charge on any atom is 0.0186 e. The third-order valence-electron chi connectivity index (χ3n) is 2.86. The van der Waals surface area contributed by atoms with Crippen LogP contribution >= 0.6 is 0 Å². The smallest absolute Gasteiger partial charge is 0.0186 e. The molecule has 0 aliphatic carbocycles. The summed E-state index contributed by atoms with van der Waals surface area (Å²) in [7, 11) is 4.28. The van der Waals surface area contributed by atoms with Crippen LogP contribution in [0.2, 0.25) is 0 Å². The Kier molecular flexibility index (Phi) is 8.20. The summed E-state index contributed by atoms with van der Waals surface area (Å²) in [5.41, 5.74) is 0. The second-order valence-corrected chi connectivity index (χ2v) is 4.50. The third-order valence-corrected chi connectivity index (χ3v) is 2.86. The first-order valence-electron chi connectivity index (χ1n) is 6.01. The fourth-order valence-corrected chi connectivity index (χ4v) is 1.57. The molecule has 0 bridgehead atoms. The van der Waals surface area contributed by atoms with Crippen LogP contribution < -0.4 is 5.32 Å². The summed E-state index contributed by atoms with van der Waals surface area (Å²) in [6.45, 7) is 7.90. The van der Waals surface area contributed by atoms with Crippen molar-refractivity contribution < 1.29 is 0 Å². The molecule has 0 spiro atoms. The van der Waals surface area contributed by atoms with E-state index < -0.39 is 0 Å². The van der Waals surface area contributed by atoms with Gasteiger partial charge in [-0.3, -0.25) is 0 Å². The fraction of sp³-hybridized carbons (Fsp3) is 1.00. The van der Waals surface area contributed by atoms with Crippen molar-refractivity contribution in [3.05, 3.63) is 0 Å². The molecule has 0 saturated heterocycles. The highest BCUT2D eigenvalue weighted by Gasteiger charge is 2.09. The topological polar surface area (TPSA) is 15.3 Å². The van der Waals surface area contributed by atoms with Gasteiger partial charge in [-0.2, -0.15) is 0 Å². The highest BCUT2D eigenvalue weighted by molar-refractivity contribution is 4.70. The number of rotatable bonds is 8. The molecule has 0 aliphatic rings. The van der Waals surface area contributed by atoms with Crippen LogP contribution in [0.4, 0.5) is 0 Å². The minimum absolute atomic E-state index is 0.631. The molecule has 1 unspecified atom stereocenters. The van der Waals surface area contributed by atoms with Crippen LogP contribution in [0, 0.1) is 0 Å². The summed E-state index contributed by atoms with van der Waals surface area (Å²) in [5.74, 6) is 0. The SMILES string of the molecule is CCCC(CCC)NCC(C)N(C)C. The Morgan fingerprint density at radius 1 is 1.07 bits per heavy atom. The van der Waals surface area contributed by atoms with Gasteiger partial charge in [-0.25, -0.2) is 0 Å². The van der Waals surface area contributed by atoms with E-state index in [2.05, 4.69) is 45.1 Å². The van der Waals surface area contributed by atoms with Gasteiger partial charge in [0.2, 0.25) is 0 Å². The summed E-state index contributed by atoms with van der Waals surface area (Å²) < 4.78 is 0. The first kappa shape index (κ1) is 13.9. The van der Waals surface area contributed by atoms with Crippen molar-refractivity contribution in [2.24, 2.45) is 0 Å². The maximum atomic E-state index is 3.66. The molecule has 2 heteroatoms. The molecule has 0 aromatic rings. The third kappa shape index (κ3) is 6.39. The molecule has 1 N–H and O–H groups in total. The van der Waals surface area contributed by atoms with E-state index in [-0.39, 0.29) is 0 Å². The van der Waals surface area contributed by atoms with Crippen molar-refractivity contribution in [1.82, 2.24) is 10.2 Å². The maximum absolute atomic E-state index is 3.66. The average Bonchev–Trinajstić information content (AvgIpc) is 2.14. The van der Waals surface area contributed by atoms with Crippen LogP contribution in [0.15, 0.2) is 0 Å². The summed E-state index contributed by atoms with van der Waals surface area (Å²) in [6.07, 6.45) is 5.20. The zero-order valence-electron chi connectivity index (χ0n) is 10.6. The van der Waals surface area contributed by atoms with Crippen molar-refractivity contribution >= 4 is 0 Å². The Bertz CT molecular complexity index is 117. The van der Waals surface area contributed by atoms with E-state index in [0.717, 1.165) is 12.6 Å². The monoisotopic (exact) mass is 200 g/mol. The lowest BCUT2D eigenvalue weighted by molar-refractivity contribution is 0.286. The van der Waals surface area contributed by atoms with Gasteiger partial charge < -0.3 is 10.2 Å². The van der Waals surface area contributed by atoms with Crippen molar-refractivity contribution in [2.75, 3.05) is 20.6 Å². The van der Waals surface area contributed by atoms with Gasteiger partial charge in [0.15, 0.2) is 0 Å². The van der Waals surface area contributed by atoms with Gasteiger partial charge in [0.05, 0.1) is 0 Å². The van der Waals surface area contributed by atoms with Crippen LogP contribution in [0.3, 0.4) is 0 Å². The highest BCUT2D eigenvalue weighted by atomic mass is 15.1. The average molecular weight is 200 g/mol. The summed E-state index contributed by atoms with van der Waals surface area (Å²) in [4.78, 5) is 2.27. The molecule has 0 saturated carbocycles. The van der Waals surface area contributed by atoms with E-state index in [1.165, 1.54) is 25.7 Å². The van der Waals surface area contributed by atoms with E-state index in [9.17, 15) is 0 Å². The van der Waals surface area contributed by atoms with Crippen LogP contribution in [0.25, 0.3) is 0 Å². The molecule has 86 valence electrons.